The number of halogens is 1. The maximum absolute atomic E-state index is 13.6. The molecule has 39 heavy (non-hydrogen) atoms. The summed E-state index contributed by atoms with van der Waals surface area (Å²) in [5.74, 6) is 0.000397. The van der Waals surface area contributed by atoms with Crippen molar-refractivity contribution in [3.05, 3.63) is 53.8 Å². The van der Waals surface area contributed by atoms with E-state index in [2.05, 4.69) is 20.9 Å². The molecule has 1 aliphatic heterocycles. The summed E-state index contributed by atoms with van der Waals surface area (Å²) in [6.07, 6.45) is 2.26. The Kier molecular flexibility index (Phi) is 10.2. The van der Waals surface area contributed by atoms with Crippen LogP contribution < -0.4 is 16.0 Å². The van der Waals surface area contributed by atoms with E-state index in [1.165, 1.54) is 12.1 Å². The third kappa shape index (κ3) is 8.15. The van der Waals surface area contributed by atoms with Crippen molar-refractivity contribution in [2.75, 3.05) is 56.2 Å². The van der Waals surface area contributed by atoms with Crippen LogP contribution in [0.25, 0.3) is 0 Å². The molecule has 11 heteroatoms. The van der Waals surface area contributed by atoms with E-state index >= 15 is 0 Å². The Labute approximate surface area is 229 Å². The average Bonchev–Trinajstić information content (AvgIpc) is 2.89. The second kappa shape index (κ2) is 13.6. The van der Waals surface area contributed by atoms with Gasteiger partial charge in [-0.25, -0.2) is 9.18 Å². The van der Waals surface area contributed by atoms with Gasteiger partial charge in [-0.1, -0.05) is 26.0 Å². The molecule has 1 fully saturated rings. The van der Waals surface area contributed by atoms with Gasteiger partial charge in [0, 0.05) is 49.7 Å². The van der Waals surface area contributed by atoms with Gasteiger partial charge in [0.25, 0.3) is 0 Å². The third-order valence-electron chi connectivity index (χ3n) is 6.62. The Hall–Kier alpha value is -4.17. The van der Waals surface area contributed by atoms with E-state index in [9.17, 15) is 19.2 Å². The molecule has 3 amide bonds. The van der Waals surface area contributed by atoms with Crippen LogP contribution in [0.5, 0.6) is 0 Å². The summed E-state index contributed by atoms with van der Waals surface area (Å²) >= 11 is 0. The fourth-order valence-electron chi connectivity index (χ4n) is 4.37. The second-order valence-electron chi connectivity index (χ2n) is 10.1. The van der Waals surface area contributed by atoms with Crippen LogP contribution >= 0.6 is 0 Å². The molecule has 208 valence electrons. The van der Waals surface area contributed by atoms with Crippen molar-refractivity contribution >= 4 is 35.0 Å². The lowest BCUT2D eigenvalue weighted by molar-refractivity contribution is -0.116. The van der Waals surface area contributed by atoms with Crippen LogP contribution in [0.15, 0.2) is 47.5 Å². The quantitative estimate of drug-likeness (QED) is 0.278. The Morgan fingerprint density at radius 1 is 1.13 bits per heavy atom. The topological polar surface area (TPSA) is 116 Å². The Bertz CT molecular complexity index is 1240. The number of rotatable bonds is 7. The van der Waals surface area contributed by atoms with Crippen molar-refractivity contribution < 1.29 is 14.0 Å². The zero-order valence-electron chi connectivity index (χ0n) is 23.2. The van der Waals surface area contributed by atoms with Crippen LogP contribution in [-0.4, -0.2) is 78.9 Å². The highest BCUT2D eigenvalue weighted by Crippen LogP contribution is 2.26. The molecule has 0 spiro atoms. The molecule has 0 radical (unpaired) electrons. The van der Waals surface area contributed by atoms with E-state index < -0.39 is 5.82 Å². The minimum Gasteiger partial charge on any atom is -0.335 e. The molecule has 0 aliphatic carbocycles. The second-order valence-corrected chi connectivity index (χ2v) is 10.1. The zero-order valence-corrected chi connectivity index (χ0v) is 23.2. The summed E-state index contributed by atoms with van der Waals surface area (Å²) in [7, 11) is 3.83. The maximum Gasteiger partial charge on any atom is 0.321 e. The Balaban J connectivity index is 1.74. The van der Waals surface area contributed by atoms with Crippen molar-refractivity contribution in [3.8, 4) is 6.19 Å². The molecule has 3 N–H and O–H groups in total. The molecule has 10 nitrogen and oxygen atoms in total. The van der Waals surface area contributed by atoms with Crippen molar-refractivity contribution in [1.29, 1.82) is 5.26 Å². The lowest BCUT2D eigenvalue weighted by Crippen LogP contribution is -2.60. The van der Waals surface area contributed by atoms with Gasteiger partial charge < -0.3 is 30.7 Å². The lowest BCUT2D eigenvalue weighted by Gasteiger charge is -2.44. The molecule has 1 unspecified atom stereocenters. The highest BCUT2D eigenvalue weighted by Gasteiger charge is 2.34. The van der Waals surface area contributed by atoms with Crippen molar-refractivity contribution in [3.63, 3.8) is 0 Å². The van der Waals surface area contributed by atoms with Crippen LogP contribution in [0, 0.1) is 30.1 Å². The number of nitriles is 1. The molecule has 1 atom stereocenters. The molecule has 0 bridgehead atoms. The van der Waals surface area contributed by atoms with Crippen LogP contribution in [-0.2, 0) is 4.79 Å². The molecular formula is C28H37FN8O2. The number of nitrogens with zero attached hydrogens (tertiary/aromatic N) is 5. The fourth-order valence-corrected chi connectivity index (χ4v) is 4.37. The minimum absolute atomic E-state index is 0.0811. The summed E-state index contributed by atoms with van der Waals surface area (Å²) in [5.41, 5.74) is 2.60. The number of nitrogens with one attached hydrogen (secondary N) is 3. The van der Waals surface area contributed by atoms with Crippen LogP contribution in [0.1, 0.15) is 25.8 Å². The van der Waals surface area contributed by atoms with Gasteiger partial charge in [-0.05, 0) is 62.8 Å². The van der Waals surface area contributed by atoms with E-state index in [0.717, 1.165) is 5.56 Å². The number of amides is 3. The van der Waals surface area contributed by atoms with E-state index in [-0.39, 0.29) is 23.9 Å². The van der Waals surface area contributed by atoms with Crippen molar-refractivity contribution in [2.24, 2.45) is 10.9 Å². The largest absolute Gasteiger partial charge is 0.335 e. The molecular weight excluding hydrogens is 499 g/mol. The fraction of sp³-hybridized carbons (Fsp3) is 0.429. The van der Waals surface area contributed by atoms with E-state index in [1.807, 2.05) is 69.1 Å². The van der Waals surface area contributed by atoms with Gasteiger partial charge in [0.15, 0.2) is 0 Å². The molecule has 2 aromatic carbocycles. The number of guanidine groups is 1. The Morgan fingerprint density at radius 3 is 2.46 bits per heavy atom. The molecule has 3 rings (SSSR count). The van der Waals surface area contributed by atoms with Gasteiger partial charge in [-0.2, -0.15) is 5.26 Å². The first-order valence-corrected chi connectivity index (χ1v) is 12.9. The summed E-state index contributed by atoms with van der Waals surface area (Å²) in [5, 5.41) is 18.5. The van der Waals surface area contributed by atoms with Gasteiger partial charge in [0.05, 0.1) is 6.04 Å². The first-order chi connectivity index (χ1) is 18.6. The number of benzene rings is 2. The number of carbonyl (C=O) groups is 2. The normalized spacial score (nSPS) is 15.8. The Morgan fingerprint density at radius 2 is 1.82 bits per heavy atom. The van der Waals surface area contributed by atoms with Gasteiger partial charge in [-0.15, -0.1) is 4.99 Å². The number of hydrogen-bond donors (Lipinski definition) is 3. The summed E-state index contributed by atoms with van der Waals surface area (Å²) in [6.45, 7) is 7.85. The summed E-state index contributed by atoms with van der Waals surface area (Å²) in [4.78, 5) is 35.1. The van der Waals surface area contributed by atoms with Gasteiger partial charge >= 0.3 is 6.03 Å². The zero-order chi connectivity index (χ0) is 28.5. The monoisotopic (exact) mass is 536 g/mol. The van der Waals surface area contributed by atoms with E-state index in [4.69, 9.17) is 0 Å². The number of hydrogen-bond acceptors (Lipinski definition) is 5. The van der Waals surface area contributed by atoms with Crippen LogP contribution in [0.3, 0.4) is 0 Å². The van der Waals surface area contributed by atoms with E-state index in [1.54, 1.807) is 17.0 Å². The lowest BCUT2D eigenvalue weighted by atomic mass is 10.00. The van der Waals surface area contributed by atoms with Crippen molar-refractivity contribution in [1.82, 2.24) is 14.7 Å². The van der Waals surface area contributed by atoms with Crippen LogP contribution in [0.4, 0.5) is 26.2 Å². The summed E-state index contributed by atoms with van der Waals surface area (Å²) < 4.78 is 13.6. The maximum atomic E-state index is 13.6. The number of piperazine rings is 1. The standard InChI is InChI=1S/C28H37FN8O2/c1-19(2)25-17-36(28(39)32-22-9-6-8-21(29)16-22)14-15-37(25)27(31-18-30)34-24-11-7-10-23(20(24)3)33-26(38)12-13-35(4)5/h6-11,16,19,25H,12-15,17H2,1-5H3,(H,31,34)(H,32,39)(H,33,38). The smallest absolute Gasteiger partial charge is 0.321 e. The molecule has 1 saturated heterocycles. The predicted molar refractivity (Wildman–Crippen MR) is 152 cm³/mol. The molecule has 1 heterocycles. The van der Waals surface area contributed by atoms with Gasteiger partial charge in [0.2, 0.25) is 18.1 Å². The number of urea groups is 1. The van der Waals surface area contributed by atoms with Crippen molar-refractivity contribution in [2.45, 2.75) is 33.2 Å². The van der Waals surface area contributed by atoms with Gasteiger partial charge in [0.1, 0.15) is 5.82 Å². The number of aliphatic imine (C=N–C) groups is 1. The highest BCUT2D eigenvalue weighted by molar-refractivity contribution is 5.98. The SMILES string of the molecule is Cc1c(NC(=O)CCN(C)C)cccc1N/C(=N/C#N)N1CCN(C(=O)Nc2cccc(F)c2)CC1C(C)C. The first-order valence-electron chi connectivity index (χ1n) is 12.9. The average molecular weight is 537 g/mol. The highest BCUT2D eigenvalue weighted by atomic mass is 19.1. The van der Waals surface area contributed by atoms with Gasteiger partial charge in [-0.3, -0.25) is 4.79 Å². The molecule has 1 aliphatic rings. The van der Waals surface area contributed by atoms with Crippen LogP contribution in [0.2, 0.25) is 0 Å². The third-order valence-corrected chi connectivity index (χ3v) is 6.62. The van der Waals surface area contributed by atoms with E-state index in [0.29, 0.717) is 55.6 Å². The first kappa shape index (κ1) is 29.4. The number of anilines is 3. The predicted octanol–water partition coefficient (Wildman–Crippen LogP) is 4.15. The molecule has 0 aromatic heterocycles. The summed E-state index contributed by atoms with van der Waals surface area (Å²) in [6, 6.07) is 10.9. The minimum atomic E-state index is -0.423. The number of carbonyl (C=O) groups excluding carboxylic acids is 2. The molecule has 0 saturated carbocycles. The molecule has 2 aromatic rings.